The molecule has 0 spiro atoms. The monoisotopic (exact) mass is 937 g/mol. The van der Waals surface area contributed by atoms with E-state index in [2.05, 4.69) is 250 Å². The predicted molar refractivity (Wildman–Crippen MR) is 306 cm³/mol. The van der Waals surface area contributed by atoms with E-state index < -0.39 is 0 Å². The van der Waals surface area contributed by atoms with Crippen molar-refractivity contribution in [2.75, 3.05) is 0 Å². The highest BCUT2D eigenvalue weighted by Crippen LogP contribution is 2.45. The molecule has 5 heteroatoms. The van der Waals surface area contributed by atoms with Gasteiger partial charge in [0, 0.05) is 68.9 Å². The number of fused-ring (bicyclic) bond motifs is 15. The van der Waals surface area contributed by atoms with Gasteiger partial charge in [0.25, 0.3) is 0 Å². The molecule has 0 N–H and O–H groups in total. The summed E-state index contributed by atoms with van der Waals surface area (Å²) in [6.45, 7) is 0. The smallest absolute Gasteiger partial charge is 0.0640 e. The van der Waals surface area contributed by atoms with Crippen LogP contribution in [0.2, 0.25) is 0 Å². The Balaban J connectivity index is 0.866. The van der Waals surface area contributed by atoms with Gasteiger partial charge in [0.2, 0.25) is 0 Å². The van der Waals surface area contributed by atoms with Crippen molar-refractivity contribution in [3.63, 3.8) is 0 Å². The number of para-hydroxylation sites is 3. The minimum atomic E-state index is 1.15. The van der Waals surface area contributed by atoms with Crippen molar-refractivity contribution in [1.29, 1.82) is 0 Å². The van der Waals surface area contributed by atoms with Crippen LogP contribution in [0, 0.1) is 0 Å². The fourth-order valence-corrected chi connectivity index (χ4v) is 14.3. The minimum Gasteiger partial charge on any atom is -0.309 e. The van der Waals surface area contributed by atoms with Crippen molar-refractivity contribution < 1.29 is 0 Å². The maximum absolute atomic E-state index is 2.48. The molecule has 5 heterocycles. The topological polar surface area (TPSA) is 14.8 Å². The summed E-state index contributed by atoms with van der Waals surface area (Å²) in [5.41, 5.74) is 15.6. The van der Waals surface area contributed by atoms with Crippen LogP contribution in [0.4, 0.5) is 0 Å². The molecule has 0 atom stereocenters. The first-order valence-electron chi connectivity index (χ1n) is 24.2. The molecule has 0 aliphatic carbocycles. The van der Waals surface area contributed by atoms with Gasteiger partial charge < -0.3 is 13.7 Å². The van der Waals surface area contributed by atoms with E-state index in [9.17, 15) is 0 Å². The van der Waals surface area contributed by atoms with Crippen LogP contribution in [-0.4, -0.2) is 13.7 Å². The van der Waals surface area contributed by atoms with Gasteiger partial charge in [0.05, 0.1) is 53.9 Å². The number of thiophene rings is 2. The van der Waals surface area contributed by atoms with Crippen LogP contribution in [-0.2, 0) is 0 Å². The number of nitrogens with zero attached hydrogens (tertiary/aromatic N) is 3. The summed E-state index contributed by atoms with van der Waals surface area (Å²) in [7, 11) is 0. The largest absolute Gasteiger partial charge is 0.309 e. The Morgan fingerprint density at radius 2 is 0.563 bits per heavy atom. The van der Waals surface area contributed by atoms with Gasteiger partial charge >= 0.3 is 0 Å². The maximum atomic E-state index is 2.48. The van der Waals surface area contributed by atoms with E-state index in [-0.39, 0.29) is 0 Å². The fourth-order valence-electron chi connectivity index (χ4n) is 11.9. The molecule has 330 valence electrons. The van der Waals surface area contributed by atoms with E-state index in [4.69, 9.17) is 0 Å². The zero-order valence-electron chi connectivity index (χ0n) is 38.2. The molecule has 0 fully saturated rings. The lowest BCUT2D eigenvalue weighted by molar-refractivity contribution is 1.18. The summed E-state index contributed by atoms with van der Waals surface area (Å²) in [6, 6.07) is 87.9. The lowest BCUT2D eigenvalue weighted by Crippen LogP contribution is -1.94. The van der Waals surface area contributed by atoms with Crippen molar-refractivity contribution in [3.8, 4) is 39.3 Å². The zero-order chi connectivity index (χ0) is 46.3. The molecule has 11 aromatic carbocycles. The molecular formula is C66H39N3S2. The molecule has 16 rings (SSSR count). The number of hydrogen-bond acceptors (Lipinski definition) is 2. The summed E-state index contributed by atoms with van der Waals surface area (Å²) in [4.78, 5) is 0. The Morgan fingerprint density at radius 3 is 1.01 bits per heavy atom. The summed E-state index contributed by atoms with van der Waals surface area (Å²) in [5.74, 6) is 0. The number of aromatic nitrogens is 3. The first-order valence-corrected chi connectivity index (χ1v) is 25.9. The Hall–Kier alpha value is -8.74. The van der Waals surface area contributed by atoms with Gasteiger partial charge in [-0.1, -0.05) is 140 Å². The van der Waals surface area contributed by atoms with Gasteiger partial charge in [-0.15, -0.1) is 22.7 Å². The quantitative estimate of drug-likeness (QED) is 0.163. The van der Waals surface area contributed by atoms with E-state index in [1.807, 2.05) is 22.7 Å². The third-order valence-electron chi connectivity index (χ3n) is 15.0. The highest BCUT2D eigenvalue weighted by Gasteiger charge is 2.21. The number of benzene rings is 11. The van der Waals surface area contributed by atoms with Crippen LogP contribution in [0.1, 0.15) is 0 Å². The van der Waals surface area contributed by atoms with Crippen molar-refractivity contribution in [2.45, 2.75) is 0 Å². The van der Waals surface area contributed by atoms with Crippen LogP contribution < -0.4 is 0 Å². The SMILES string of the molecule is c1ccc(-n2c3ccc(-c4ccc5c(c4)c4ccccc4n5-c4cccc5c4sc4ccccc45)cc3c3cc(-c4ccc5c(c4)c4ccccc4n5-c4cccc5c4sc4ccccc45)ccc32)cc1. The second-order valence-corrected chi connectivity index (χ2v) is 20.9. The van der Waals surface area contributed by atoms with Crippen LogP contribution in [0.15, 0.2) is 237 Å². The third-order valence-corrected chi connectivity index (χ3v) is 17.5. The first kappa shape index (κ1) is 39.1. The predicted octanol–water partition coefficient (Wildman–Crippen LogP) is 19.0. The third kappa shape index (κ3) is 5.64. The Kier molecular flexibility index (Phi) is 8.20. The Bertz CT molecular complexity index is 4590. The molecule has 16 aromatic rings. The molecule has 71 heavy (non-hydrogen) atoms. The second kappa shape index (κ2) is 14.9. The first-order chi connectivity index (χ1) is 35.2. The van der Waals surface area contributed by atoms with Gasteiger partial charge in [-0.25, -0.2) is 0 Å². The van der Waals surface area contributed by atoms with Crippen LogP contribution in [0.3, 0.4) is 0 Å². The van der Waals surface area contributed by atoms with E-state index >= 15 is 0 Å². The number of rotatable bonds is 5. The molecule has 3 nitrogen and oxygen atoms in total. The molecule has 0 radical (unpaired) electrons. The molecule has 0 amide bonds. The fraction of sp³-hybridized carbons (Fsp3) is 0. The molecule has 0 aliphatic rings. The molecule has 0 bridgehead atoms. The van der Waals surface area contributed by atoms with Gasteiger partial charge in [-0.2, -0.15) is 0 Å². The van der Waals surface area contributed by atoms with E-state index in [0.29, 0.717) is 0 Å². The normalized spacial score (nSPS) is 12.2. The van der Waals surface area contributed by atoms with E-state index in [0.717, 1.165) is 5.69 Å². The Morgan fingerprint density at radius 1 is 0.225 bits per heavy atom. The summed E-state index contributed by atoms with van der Waals surface area (Å²) in [6.07, 6.45) is 0. The highest BCUT2D eigenvalue weighted by atomic mass is 32.1. The van der Waals surface area contributed by atoms with Crippen LogP contribution in [0.25, 0.3) is 145 Å². The van der Waals surface area contributed by atoms with Gasteiger partial charge in [-0.3, -0.25) is 0 Å². The molecule has 0 saturated carbocycles. The average Bonchev–Trinajstić information content (AvgIpc) is 4.24. The van der Waals surface area contributed by atoms with Crippen molar-refractivity contribution in [3.05, 3.63) is 237 Å². The standard InChI is InChI=1S/C66H39N3S2/c1-2-14-44(15-3-1)67-57-32-28-42(40-30-34-59-51(36-40)45-16-4-8-22-55(45)68(59)61-24-12-20-49-47-18-6-10-26-63(47)70-65(49)61)38-53(57)54-39-43(29-33-58(54)67)41-31-35-60-52(37-41)46-17-5-9-23-56(46)69(60)62-25-13-21-50-48-19-7-11-27-64(48)71-66(50)62/h1-39H. The van der Waals surface area contributed by atoms with Gasteiger partial charge in [0.1, 0.15) is 0 Å². The van der Waals surface area contributed by atoms with Crippen molar-refractivity contribution in [2.24, 2.45) is 0 Å². The van der Waals surface area contributed by atoms with Crippen molar-refractivity contribution >= 4 is 128 Å². The van der Waals surface area contributed by atoms with Crippen LogP contribution >= 0.6 is 22.7 Å². The van der Waals surface area contributed by atoms with Crippen molar-refractivity contribution in [1.82, 2.24) is 13.7 Å². The Labute approximate surface area is 415 Å². The summed E-state index contributed by atoms with van der Waals surface area (Å²) in [5, 5.41) is 12.7. The molecule has 0 unspecified atom stereocenters. The van der Waals surface area contributed by atoms with Gasteiger partial charge in [-0.05, 0) is 119 Å². The lowest BCUT2D eigenvalue weighted by Gasteiger charge is -2.10. The zero-order valence-corrected chi connectivity index (χ0v) is 39.8. The average molecular weight is 938 g/mol. The molecule has 0 aliphatic heterocycles. The minimum absolute atomic E-state index is 1.15. The molecular weight excluding hydrogens is 899 g/mol. The molecule has 5 aromatic heterocycles. The van der Waals surface area contributed by atoms with Crippen LogP contribution in [0.5, 0.6) is 0 Å². The lowest BCUT2D eigenvalue weighted by atomic mass is 9.98. The van der Waals surface area contributed by atoms with E-state index in [1.165, 1.54) is 139 Å². The summed E-state index contributed by atoms with van der Waals surface area (Å²) >= 11 is 3.77. The van der Waals surface area contributed by atoms with Gasteiger partial charge in [0.15, 0.2) is 0 Å². The number of hydrogen-bond donors (Lipinski definition) is 0. The highest BCUT2D eigenvalue weighted by molar-refractivity contribution is 7.26. The van der Waals surface area contributed by atoms with E-state index in [1.54, 1.807) is 0 Å². The molecule has 0 saturated heterocycles. The maximum Gasteiger partial charge on any atom is 0.0640 e. The second-order valence-electron chi connectivity index (χ2n) is 18.8. The summed E-state index contributed by atoms with van der Waals surface area (Å²) < 4.78 is 12.6.